The molecule has 0 spiro atoms. The minimum absolute atomic E-state index is 0.171. The molecule has 3 amide bonds. The Kier molecular flexibility index (Phi) is 6.41. The maximum absolute atomic E-state index is 12.7. The number of anilines is 1. The fourth-order valence-corrected chi connectivity index (χ4v) is 3.23. The molecule has 30 heavy (non-hydrogen) atoms. The minimum atomic E-state index is -0.650. The van der Waals surface area contributed by atoms with Gasteiger partial charge in [0.25, 0.3) is 5.91 Å². The molecule has 2 heterocycles. The second-order valence-corrected chi connectivity index (χ2v) is 8.68. The average molecular weight is 426 g/mol. The fraction of sp³-hybridized carbons (Fsp3) is 0.238. The Morgan fingerprint density at radius 3 is 2.47 bits per heavy atom. The average Bonchev–Trinajstić information content (AvgIpc) is 3.21. The van der Waals surface area contributed by atoms with Crippen molar-refractivity contribution in [2.45, 2.75) is 36.0 Å². The number of nitrogens with one attached hydrogen (secondary N) is 2. The smallest absolute Gasteiger partial charge is 0.342 e. The first-order chi connectivity index (χ1) is 14.2. The van der Waals surface area contributed by atoms with E-state index in [9.17, 15) is 9.59 Å². The molecular weight excluding hydrogens is 402 g/mol. The van der Waals surface area contributed by atoms with Gasteiger partial charge in [0.1, 0.15) is 11.5 Å². The van der Waals surface area contributed by atoms with Gasteiger partial charge >= 0.3 is 6.03 Å². The number of aromatic nitrogens is 2. The molecule has 9 heteroatoms. The van der Waals surface area contributed by atoms with Crippen molar-refractivity contribution in [1.82, 2.24) is 20.5 Å². The summed E-state index contributed by atoms with van der Waals surface area (Å²) in [6, 6.07) is 14.3. The van der Waals surface area contributed by atoms with Crippen molar-refractivity contribution in [3.63, 3.8) is 0 Å². The van der Waals surface area contributed by atoms with E-state index in [2.05, 4.69) is 21.0 Å². The lowest BCUT2D eigenvalue weighted by Crippen LogP contribution is -2.43. The molecule has 0 radical (unpaired) electrons. The van der Waals surface area contributed by atoms with Gasteiger partial charge in [0, 0.05) is 34.5 Å². The number of benzene rings is 1. The van der Waals surface area contributed by atoms with Crippen LogP contribution in [0.15, 0.2) is 69.0 Å². The zero-order valence-corrected chi connectivity index (χ0v) is 18.0. The SMILES string of the molecule is CN(C(=O)NNc1cc(C(C)(C)C)on1)C(=O)c1cc(Sc2ccccc2)ccn1. The quantitative estimate of drug-likeness (QED) is 0.587. The van der Waals surface area contributed by atoms with E-state index in [4.69, 9.17) is 4.52 Å². The normalized spacial score (nSPS) is 11.1. The molecular formula is C21H23N5O3S. The summed E-state index contributed by atoms with van der Waals surface area (Å²) < 4.78 is 5.24. The van der Waals surface area contributed by atoms with Crippen LogP contribution in [0.3, 0.4) is 0 Å². The van der Waals surface area contributed by atoms with Crippen molar-refractivity contribution in [2.75, 3.05) is 12.5 Å². The number of pyridine rings is 1. The molecule has 0 saturated heterocycles. The summed E-state index contributed by atoms with van der Waals surface area (Å²) >= 11 is 1.51. The van der Waals surface area contributed by atoms with Crippen molar-refractivity contribution >= 4 is 29.5 Å². The molecule has 0 unspecified atom stereocenters. The van der Waals surface area contributed by atoms with Gasteiger partial charge < -0.3 is 4.52 Å². The summed E-state index contributed by atoms with van der Waals surface area (Å²) in [6.45, 7) is 5.96. The lowest BCUT2D eigenvalue weighted by Gasteiger charge is -2.16. The zero-order chi connectivity index (χ0) is 21.7. The topological polar surface area (TPSA) is 100 Å². The van der Waals surface area contributed by atoms with Gasteiger partial charge in [0.2, 0.25) is 0 Å². The molecule has 8 nitrogen and oxygen atoms in total. The van der Waals surface area contributed by atoms with Crippen LogP contribution in [-0.2, 0) is 5.41 Å². The van der Waals surface area contributed by atoms with Crippen LogP contribution in [0.1, 0.15) is 37.0 Å². The molecule has 0 bridgehead atoms. The van der Waals surface area contributed by atoms with E-state index >= 15 is 0 Å². The maximum Gasteiger partial charge on any atom is 0.342 e. The number of amides is 3. The van der Waals surface area contributed by atoms with Crippen LogP contribution in [0.2, 0.25) is 0 Å². The Morgan fingerprint density at radius 2 is 1.80 bits per heavy atom. The van der Waals surface area contributed by atoms with Crippen molar-refractivity contribution in [3.8, 4) is 0 Å². The number of nitrogens with zero attached hydrogens (tertiary/aromatic N) is 3. The zero-order valence-electron chi connectivity index (χ0n) is 17.2. The molecule has 0 aliphatic rings. The van der Waals surface area contributed by atoms with Crippen molar-refractivity contribution in [1.29, 1.82) is 0 Å². The van der Waals surface area contributed by atoms with Crippen LogP contribution in [0.25, 0.3) is 0 Å². The first-order valence-electron chi connectivity index (χ1n) is 9.24. The lowest BCUT2D eigenvalue weighted by atomic mass is 9.93. The minimum Gasteiger partial charge on any atom is -0.359 e. The molecule has 1 aromatic carbocycles. The van der Waals surface area contributed by atoms with Gasteiger partial charge in [-0.15, -0.1) is 0 Å². The predicted molar refractivity (Wildman–Crippen MR) is 114 cm³/mol. The molecule has 0 atom stereocenters. The van der Waals surface area contributed by atoms with Crippen LogP contribution in [0, 0.1) is 0 Å². The number of urea groups is 1. The van der Waals surface area contributed by atoms with Crippen LogP contribution < -0.4 is 10.9 Å². The van der Waals surface area contributed by atoms with Crippen LogP contribution >= 0.6 is 11.8 Å². The second kappa shape index (κ2) is 9.00. The van der Waals surface area contributed by atoms with Crippen LogP contribution in [0.5, 0.6) is 0 Å². The number of hydrogen-bond acceptors (Lipinski definition) is 7. The predicted octanol–water partition coefficient (Wildman–Crippen LogP) is 4.33. The van der Waals surface area contributed by atoms with Gasteiger partial charge in [0.15, 0.2) is 5.82 Å². The van der Waals surface area contributed by atoms with Crippen LogP contribution in [0.4, 0.5) is 10.6 Å². The summed E-state index contributed by atoms with van der Waals surface area (Å²) in [5, 5.41) is 3.85. The number of hydrogen-bond donors (Lipinski definition) is 2. The van der Waals surface area contributed by atoms with E-state index in [0.29, 0.717) is 11.6 Å². The highest BCUT2D eigenvalue weighted by molar-refractivity contribution is 7.99. The van der Waals surface area contributed by atoms with Crippen molar-refractivity contribution in [2.24, 2.45) is 0 Å². The fourth-order valence-electron chi connectivity index (χ4n) is 2.37. The summed E-state index contributed by atoms with van der Waals surface area (Å²) in [6.07, 6.45) is 1.55. The largest absolute Gasteiger partial charge is 0.359 e. The Balaban J connectivity index is 1.61. The summed E-state index contributed by atoms with van der Waals surface area (Å²) in [5.41, 5.74) is 5.04. The van der Waals surface area contributed by atoms with E-state index in [1.807, 2.05) is 57.2 Å². The molecule has 0 aliphatic carbocycles. The van der Waals surface area contributed by atoms with Gasteiger partial charge in [-0.05, 0) is 24.3 Å². The highest BCUT2D eigenvalue weighted by atomic mass is 32.2. The number of imide groups is 1. The van der Waals surface area contributed by atoms with Crippen LogP contribution in [-0.4, -0.2) is 34.0 Å². The van der Waals surface area contributed by atoms with E-state index in [-0.39, 0.29) is 11.1 Å². The highest BCUT2D eigenvalue weighted by Crippen LogP contribution is 2.27. The van der Waals surface area contributed by atoms with E-state index in [1.54, 1.807) is 18.3 Å². The Labute approximate surface area is 179 Å². The summed E-state index contributed by atoms with van der Waals surface area (Å²) in [4.78, 5) is 32.0. The highest BCUT2D eigenvalue weighted by Gasteiger charge is 2.22. The third kappa shape index (κ3) is 5.38. The van der Waals surface area contributed by atoms with E-state index < -0.39 is 11.9 Å². The van der Waals surface area contributed by atoms with E-state index in [0.717, 1.165) is 14.7 Å². The van der Waals surface area contributed by atoms with Gasteiger partial charge in [-0.3, -0.25) is 20.1 Å². The molecule has 3 rings (SSSR count). The third-order valence-corrected chi connectivity index (χ3v) is 5.08. The van der Waals surface area contributed by atoms with Gasteiger partial charge in [-0.25, -0.2) is 10.2 Å². The lowest BCUT2D eigenvalue weighted by molar-refractivity contribution is 0.0827. The molecule has 3 aromatic rings. The Hall–Kier alpha value is -3.33. The molecule has 0 saturated carbocycles. The molecule has 0 fully saturated rings. The monoisotopic (exact) mass is 425 g/mol. The molecule has 2 N–H and O–H groups in total. The number of carbonyl (C=O) groups excluding carboxylic acids is 2. The standard InChI is InChI=1S/C21H23N5O3S/c1-21(2,3)17-13-18(25-29-17)23-24-20(28)26(4)19(27)16-12-15(10-11-22-16)30-14-8-6-5-7-9-14/h5-13H,1-4H3,(H,23,25)(H,24,28). The Morgan fingerprint density at radius 1 is 1.07 bits per heavy atom. The first kappa shape index (κ1) is 21.4. The first-order valence-corrected chi connectivity index (χ1v) is 10.1. The number of rotatable bonds is 5. The molecule has 0 aliphatic heterocycles. The number of carbonyl (C=O) groups is 2. The Bertz CT molecular complexity index is 1030. The van der Waals surface area contributed by atoms with Gasteiger partial charge in [-0.1, -0.05) is 55.9 Å². The van der Waals surface area contributed by atoms with Gasteiger partial charge in [0.05, 0.1) is 0 Å². The van der Waals surface area contributed by atoms with Crippen molar-refractivity contribution in [3.05, 3.63) is 66.2 Å². The molecule has 2 aromatic heterocycles. The summed E-state index contributed by atoms with van der Waals surface area (Å²) in [5.74, 6) is 0.481. The summed E-state index contributed by atoms with van der Waals surface area (Å²) in [7, 11) is 1.38. The molecule has 156 valence electrons. The second-order valence-electron chi connectivity index (χ2n) is 7.54. The van der Waals surface area contributed by atoms with Gasteiger partial charge in [-0.2, -0.15) is 0 Å². The third-order valence-electron chi connectivity index (χ3n) is 4.09. The number of hydrazine groups is 1. The van der Waals surface area contributed by atoms with E-state index in [1.165, 1.54) is 18.8 Å². The van der Waals surface area contributed by atoms with Crippen molar-refractivity contribution < 1.29 is 14.1 Å². The maximum atomic E-state index is 12.7.